The number of hydrogen-bond donors (Lipinski definition) is 5. The number of aromatic amines is 1. The van der Waals surface area contributed by atoms with Crippen LogP contribution >= 0.6 is 0 Å². The third-order valence-corrected chi connectivity index (χ3v) is 6.83. The van der Waals surface area contributed by atoms with Crippen molar-refractivity contribution < 1.29 is 28.9 Å². The first kappa shape index (κ1) is 23.7. The summed E-state index contributed by atoms with van der Waals surface area (Å²) >= 11 is 0. The fourth-order valence-electron chi connectivity index (χ4n) is 4.88. The van der Waals surface area contributed by atoms with Gasteiger partial charge in [-0.3, -0.25) is 14.2 Å². The number of rotatable bonds is 5. The maximum absolute atomic E-state index is 13.8. The van der Waals surface area contributed by atoms with Gasteiger partial charge in [0.25, 0.3) is 11.8 Å². The Bertz CT molecular complexity index is 1400. The Morgan fingerprint density at radius 3 is 2.75 bits per heavy atom. The average Bonchev–Trinajstić information content (AvgIpc) is 3.40. The van der Waals surface area contributed by atoms with Gasteiger partial charge in [0.2, 0.25) is 5.88 Å². The second-order valence-corrected chi connectivity index (χ2v) is 9.23. The standard InChI is InChI=1S/C26H27FN4O5/c1-13-20(10-18-17-9-16(27)3-4-19(17)29-24(18)33)28-14(2)23(13)25(34)30-21-11-22(32)31(26(21)35)12-15-5-7-36-8-6-15/h3-4,9-11,15,28,32,35H,5-8,12H2,1-2H3,(H,29,33)(H,30,34)/b18-10-. The molecule has 0 atom stereocenters. The lowest BCUT2D eigenvalue weighted by Gasteiger charge is -2.23. The summed E-state index contributed by atoms with van der Waals surface area (Å²) < 4.78 is 20.5. The molecule has 2 aliphatic heterocycles. The maximum atomic E-state index is 13.8. The van der Waals surface area contributed by atoms with Gasteiger partial charge in [0.05, 0.1) is 11.1 Å². The Morgan fingerprint density at radius 1 is 1.25 bits per heavy atom. The molecule has 0 saturated carbocycles. The van der Waals surface area contributed by atoms with E-state index in [1.54, 1.807) is 19.9 Å². The third-order valence-electron chi connectivity index (χ3n) is 6.83. The molecule has 188 valence electrons. The average molecular weight is 495 g/mol. The number of ether oxygens (including phenoxy) is 1. The predicted octanol–water partition coefficient (Wildman–Crippen LogP) is 4.15. The fourth-order valence-corrected chi connectivity index (χ4v) is 4.88. The zero-order valence-corrected chi connectivity index (χ0v) is 19.9. The van der Waals surface area contributed by atoms with Crippen LogP contribution in [0.15, 0.2) is 24.3 Å². The first-order valence-corrected chi connectivity index (χ1v) is 11.8. The molecule has 4 heterocycles. The molecule has 2 aromatic heterocycles. The van der Waals surface area contributed by atoms with Crippen LogP contribution in [-0.4, -0.2) is 44.8 Å². The van der Waals surface area contributed by atoms with E-state index in [0.29, 0.717) is 53.5 Å². The minimum atomic E-state index is -0.480. The Labute approximate surface area is 206 Å². The highest BCUT2D eigenvalue weighted by Gasteiger charge is 2.27. The molecule has 9 nitrogen and oxygen atoms in total. The second-order valence-electron chi connectivity index (χ2n) is 9.23. The summed E-state index contributed by atoms with van der Waals surface area (Å²) in [5.74, 6) is -1.40. The molecule has 2 aliphatic rings. The summed E-state index contributed by atoms with van der Waals surface area (Å²) in [7, 11) is 0. The Hall–Kier alpha value is -4.05. The molecule has 5 N–H and O–H groups in total. The lowest BCUT2D eigenvalue weighted by atomic mass is 10.0. The van der Waals surface area contributed by atoms with Crippen molar-refractivity contribution >= 4 is 34.8 Å². The Morgan fingerprint density at radius 2 is 2.00 bits per heavy atom. The maximum Gasteiger partial charge on any atom is 0.257 e. The van der Waals surface area contributed by atoms with E-state index in [1.165, 1.54) is 28.8 Å². The molecule has 0 unspecified atom stereocenters. The van der Waals surface area contributed by atoms with Gasteiger partial charge in [0, 0.05) is 48.5 Å². The number of hydrogen-bond acceptors (Lipinski definition) is 5. The predicted molar refractivity (Wildman–Crippen MR) is 132 cm³/mol. The number of aromatic hydroxyl groups is 2. The van der Waals surface area contributed by atoms with Crippen molar-refractivity contribution in [1.29, 1.82) is 0 Å². The van der Waals surface area contributed by atoms with Gasteiger partial charge in [-0.05, 0) is 62.4 Å². The van der Waals surface area contributed by atoms with Gasteiger partial charge in [-0.15, -0.1) is 0 Å². The van der Waals surface area contributed by atoms with Crippen molar-refractivity contribution in [2.24, 2.45) is 5.92 Å². The van der Waals surface area contributed by atoms with Gasteiger partial charge in [0.1, 0.15) is 11.5 Å². The Kier molecular flexibility index (Phi) is 6.05. The van der Waals surface area contributed by atoms with Gasteiger partial charge < -0.3 is 30.6 Å². The quantitative estimate of drug-likeness (QED) is 0.340. The number of nitrogens with one attached hydrogen (secondary N) is 3. The summed E-state index contributed by atoms with van der Waals surface area (Å²) in [6, 6.07) is 5.39. The van der Waals surface area contributed by atoms with E-state index in [1.807, 2.05) is 0 Å². The molecular formula is C26H27FN4O5. The molecule has 10 heteroatoms. The summed E-state index contributed by atoms with van der Waals surface area (Å²) in [5.41, 5.74) is 3.37. The van der Waals surface area contributed by atoms with Gasteiger partial charge >= 0.3 is 0 Å². The van der Waals surface area contributed by atoms with Crippen molar-refractivity contribution in [3.05, 3.63) is 58.2 Å². The lowest BCUT2D eigenvalue weighted by Crippen LogP contribution is -2.20. The molecule has 0 aliphatic carbocycles. The van der Waals surface area contributed by atoms with Crippen LogP contribution in [0.3, 0.4) is 0 Å². The minimum Gasteiger partial charge on any atom is -0.494 e. The molecule has 0 spiro atoms. The fraction of sp³-hybridized carbons (Fsp3) is 0.308. The van der Waals surface area contributed by atoms with Crippen LogP contribution in [0.5, 0.6) is 11.8 Å². The number of aromatic nitrogens is 2. The molecule has 0 radical (unpaired) electrons. The van der Waals surface area contributed by atoms with Crippen LogP contribution in [0, 0.1) is 25.6 Å². The normalized spacial score (nSPS) is 16.9. The highest BCUT2D eigenvalue weighted by atomic mass is 19.1. The molecule has 3 aromatic rings. The highest BCUT2D eigenvalue weighted by molar-refractivity contribution is 6.35. The van der Waals surface area contributed by atoms with Crippen LogP contribution in [0.2, 0.25) is 0 Å². The van der Waals surface area contributed by atoms with Gasteiger partial charge in [-0.2, -0.15) is 0 Å². The number of benzene rings is 1. The first-order valence-electron chi connectivity index (χ1n) is 11.8. The molecule has 1 fully saturated rings. The van der Waals surface area contributed by atoms with Crippen LogP contribution in [-0.2, 0) is 16.1 Å². The molecular weight excluding hydrogens is 467 g/mol. The summed E-state index contributed by atoms with van der Waals surface area (Å²) in [5, 5.41) is 26.4. The zero-order chi connectivity index (χ0) is 25.6. The van der Waals surface area contributed by atoms with Crippen molar-refractivity contribution in [3.63, 3.8) is 0 Å². The van der Waals surface area contributed by atoms with E-state index in [0.717, 1.165) is 12.8 Å². The van der Waals surface area contributed by atoms with Crippen LogP contribution in [0.25, 0.3) is 11.6 Å². The van der Waals surface area contributed by atoms with Crippen LogP contribution < -0.4 is 10.6 Å². The molecule has 1 saturated heterocycles. The van der Waals surface area contributed by atoms with E-state index in [-0.39, 0.29) is 34.8 Å². The van der Waals surface area contributed by atoms with Crippen molar-refractivity contribution in [1.82, 2.24) is 9.55 Å². The number of halogens is 1. The van der Waals surface area contributed by atoms with E-state index in [9.17, 15) is 24.2 Å². The molecule has 2 amide bonds. The number of fused-ring (bicyclic) bond motifs is 1. The smallest absolute Gasteiger partial charge is 0.257 e. The zero-order valence-electron chi connectivity index (χ0n) is 19.9. The number of nitrogens with zero attached hydrogens (tertiary/aromatic N) is 1. The molecule has 0 bridgehead atoms. The van der Waals surface area contributed by atoms with Crippen LogP contribution in [0.1, 0.15) is 45.7 Å². The summed E-state index contributed by atoms with van der Waals surface area (Å²) in [4.78, 5) is 28.8. The summed E-state index contributed by atoms with van der Waals surface area (Å²) in [6.45, 7) is 5.16. The number of carbonyl (C=O) groups excluding carboxylic acids is 2. The third kappa shape index (κ3) is 4.24. The highest BCUT2D eigenvalue weighted by Crippen LogP contribution is 2.36. The number of aryl methyl sites for hydroxylation is 1. The molecule has 1 aromatic carbocycles. The van der Waals surface area contributed by atoms with Gasteiger partial charge in [0.15, 0.2) is 5.88 Å². The number of H-pyrrole nitrogens is 1. The topological polar surface area (TPSA) is 129 Å². The summed E-state index contributed by atoms with van der Waals surface area (Å²) in [6.07, 6.45) is 3.25. The Balaban J connectivity index is 1.40. The second kappa shape index (κ2) is 9.19. The lowest BCUT2D eigenvalue weighted by molar-refractivity contribution is -0.110. The van der Waals surface area contributed by atoms with Gasteiger partial charge in [-0.1, -0.05) is 0 Å². The van der Waals surface area contributed by atoms with Crippen molar-refractivity contribution in [2.45, 2.75) is 33.2 Å². The number of carbonyl (C=O) groups is 2. The molecule has 5 rings (SSSR count). The van der Waals surface area contributed by atoms with E-state index < -0.39 is 11.7 Å². The van der Waals surface area contributed by atoms with Crippen LogP contribution in [0.4, 0.5) is 15.8 Å². The van der Waals surface area contributed by atoms with E-state index in [4.69, 9.17) is 4.74 Å². The largest absolute Gasteiger partial charge is 0.494 e. The van der Waals surface area contributed by atoms with E-state index >= 15 is 0 Å². The minimum absolute atomic E-state index is 0.101. The van der Waals surface area contributed by atoms with Crippen molar-refractivity contribution in [2.75, 3.05) is 23.8 Å². The van der Waals surface area contributed by atoms with Gasteiger partial charge in [-0.25, -0.2) is 4.39 Å². The molecule has 36 heavy (non-hydrogen) atoms. The van der Waals surface area contributed by atoms with Crippen molar-refractivity contribution in [3.8, 4) is 11.8 Å². The first-order chi connectivity index (χ1) is 17.2. The number of amides is 2. The van der Waals surface area contributed by atoms with E-state index in [2.05, 4.69) is 15.6 Å². The SMILES string of the molecule is Cc1[nH]c(/C=C2\C(=O)Nc3ccc(F)cc32)c(C)c1C(=O)Nc1cc(O)n(CC2CCOCC2)c1O. The number of anilines is 2. The monoisotopic (exact) mass is 494 g/mol.